The van der Waals surface area contributed by atoms with Gasteiger partial charge >= 0.3 is 0 Å². The van der Waals surface area contributed by atoms with Crippen LogP contribution >= 0.6 is 0 Å². The third kappa shape index (κ3) is 8.12. The van der Waals surface area contributed by atoms with E-state index in [0.29, 0.717) is 18.5 Å². The molecule has 0 spiro atoms. The fourth-order valence-corrected chi connectivity index (χ4v) is 5.57. The predicted octanol–water partition coefficient (Wildman–Crippen LogP) is 3.96. The molecule has 2 fully saturated rings. The number of fused-ring (bicyclic) bond motifs is 1. The SMILES string of the molecule is c1ccc2c(NC3CCNCC3)nc(NCc3cc(CCCNCCCNC4CCCCC4)n[nH]3)nc2c1. The number of benzene rings is 1. The van der Waals surface area contributed by atoms with Crippen LogP contribution in [0.1, 0.15) is 69.2 Å². The van der Waals surface area contributed by atoms with Crippen LogP contribution in [0.4, 0.5) is 11.8 Å². The summed E-state index contributed by atoms with van der Waals surface area (Å²) in [6.07, 6.45) is 12.4. The van der Waals surface area contributed by atoms with E-state index in [1.54, 1.807) is 0 Å². The zero-order valence-electron chi connectivity index (χ0n) is 22.7. The third-order valence-corrected chi connectivity index (χ3v) is 7.76. The van der Waals surface area contributed by atoms with Crippen LogP contribution in [0.3, 0.4) is 0 Å². The van der Waals surface area contributed by atoms with Crippen molar-refractivity contribution in [3.05, 3.63) is 41.7 Å². The molecule has 0 radical (unpaired) electrons. The van der Waals surface area contributed by atoms with Crippen LogP contribution in [-0.2, 0) is 13.0 Å². The van der Waals surface area contributed by atoms with Crippen molar-refractivity contribution in [2.24, 2.45) is 0 Å². The number of rotatable bonds is 14. The molecule has 5 rings (SSSR count). The minimum Gasteiger partial charge on any atom is -0.367 e. The first-order valence-electron chi connectivity index (χ1n) is 14.8. The van der Waals surface area contributed by atoms with Gasteiger partial charge in [0.25, 0.3) is 0 Å². The third-order valence-electron chi connectivity index (χ3n) is 7.76. The largest absolute Gasteiger partial charge is 0.367 e. The van der Waals surface area contributed by atoms with Gasteiger partial charge in [-0.2, -0.15) is 10.1 Å². The fourth-order valence-electron chi connectivity index (χ4n) is 5.57. The summed E-state index contributed by atoms with van der Waals surface area (Å²) in [7, 11) is 0. The summed E-state index contributed by atoms with van der Waals surface area (Å²) in [5.41, 5.74) is 3.10. The molecular formula is C29H45N9. The second-order valence-electron chi connectivity index (χ2n) is 10.8. The van der Waals surface area contributed by atoms with Crippen LogP contribution in [-0.4, -0.2) is 65.0 Å². The molecule has 2 aromatic heterocycles. The molecule has 0 atom stereocenters. The topological polar surface area (TPSA) is 115 Å². The molecular weight excluding hydrogens is 474 g/mol. The number of aromatic nitrogens is 4. The number of aromatic amines is 1. The molecule has 3 aromatic rings. The summed E-state index contributed by atoms with van der Waals surface area (Å²) in [6.45, 7) is 5.94. The maximum atomic E-state index is 4.83. The fraction of sp³-hybridized carbons (Fsp3) is 0.621. The van der Waals surface area contributed by atoms with Crippen molar-refractivity contribution < 1.29 is 0 Å². The van der Waals surface area contributed by atoms with E-state index >= 15 is 0 Å². The average Bonchev–Trinajstić information content (AvgIpc) is 3.42. The molecule has 1 aliphatic heterocycles. The van der Waals surface area contributed by atoms with Crippen LogP contribution in [0.25, 0.3) is 10.9 Å². The number of hydrogen-bond donors (Lipinski definition) is 6. The number of para-hydroxylation sites is 1. The molecule has 0 unspecified atom stereocenters. The van der Waals surface area contributed by atoms with Gasteiger partial charge in [-0.3, -0.25) is 5.10 Å². The number of aryl methyl sites for hydroxylation is 1. The lowest BCUT2D eigenvalue weighted by atomic mass is 9.95. The Hall–Kier alpha value is -2.75. The summed E-state index contributed by atoms with van der Waals surface area (Å²) in [4.78, 5) is 9.58. The van der Waals surface area contributed by atoms with Gasteiger partial charge in [-0.1, -0.05) is 31.4 Å². The number of H-pyrrole nitrogens is 1. The summed E-state index contributed by atoms with van der Waals surface area (Å²) in [5, 5.41) is 26.5. The highest BCUT2D eigenvalue weighted by molar-refractivity contribution is 5.90. The molecule has 9 heteroatoms. The van der Waals surface area contributed by atoms with Crippen molar-refractivity contribution in [2.45, 2.75) is 82.8 Å². The summed E-state index contributed by atoms with van der Waals surface area (Å²) in [5.74, 6) is 1.55. The zero-order chi connectivity index (χ0) is 25.8. The van der Waals surface area contributed by atoms with E-state index in [2.05, 4.69) is 48.9 Å². The van der Waals surface area contributed by atoms with E-state index in [0.717, 1.165) is 92.6 Å². The number of anilines is 2. The van der Waals surface area contributed by atoms with Crippen LogP contribution in [0.15, 0.2) is 30.3 Å². The van der Waals surface area contributed by atoms with Gasteiger partial charge in [0, 0.05) is 17.5 Å². The maximum Gasteiger partial charge on any atom is 0.225 e. The molecule has 2 aliphatic rings. The zero-order valence-corrected chi connectivity index (χ0v) is 22.7. The van der Waals surface area contributed by atoms with Gasteiger partial charge in [0.05, 0.1) is 23.4 Å². The lowest BCUT2D eigenvalue weighted by Crippen LogP contribution is -2.35. The van der Waals surface area contributed by atoms with Crippen LogP contribution < -0.4 is 26.6 Å². The van der Waals surface area contributed by atoms with Gasteiger partial charge in [-0.25, -0.2) is 4.98 Å². The minimum atomic E-state index is 0.435. The van der Waals surface area contributed by atoms with Crippen LogP contribution in [0.5, 0.6) is 0 Å². The Balaban J connectivity index is 1.03. The van der Waals surface area contributed by atoms with E-state index in [1.807, 2.05) is 18.2 Å². The summed E-state index contributed by atoms with van der Waals surface area (Å²) in [6, 6.07) is 11.6. The van der Waals surface area contributed by atoms with Crippen LogP contribution in [0, 0.1) is 0 Å². The van der Waals surface area contributed by atoms with Crippen molar-refractivity contribution in [3.8, 4) is 0 Å². The number of piperidine rings is 1. The second kappa shape index (κ2) is 14.4. The quantitative estimate of drug-likeness (QED) is 0.177. The van der Waals surface area contributed by atoms with Gasteiger partial charge in [-0.05, 0) is 95.9 Å². The van der Waals surface area contributed by atoms with Crippen molar-refractivity contribution in [2.75, 3.05) is 43.4 Å². The standard InChI is InChI=1S/C29H45N9/c1-2-8-22(9-3-1)32-17-7-16-30-15-6-10-24-20-25(38-37-24)21-33-29-35-27-12-5-4-11-26(27)28(36-29)34-23-13-18-31-19-14-23/h4-5,11-12,20,22-23,30-32H,1-3,6-10,13-19,21H2,(H,37,38)(H2,33,34,35,36). The first-order valence-corrected chi connectivity index (χ1v) is 14.8. The van der Waals surface area contributed by atoms with E-state index in [4.69, 9.17) is 9.97 Å². The van der Waals surface area contributed by atoms with E-state index in [-0.39, 0.29) is 0 Å². The number of nitrogens with zero attached hydrogens (tertiary/aromatic N) is 3. The molecule has 0 amide bonds. The Morgan fingerprint density at radius 2 is 1.71 bits per heavy atom. The summed E-state index contributed by atoms with van der Waals surface area (Å²) >= 11 is 0. The Labute approximate surface area is 226 Å². The molecule has 1 saturated carbocycles. The highest BCUT2D eigenvalue weighted by Crippen LogP contribution is 2.24. The van der Waals surface area contributed by atoms with Gasteiger partial charge in [-0.15, -0.1) is 0 Å². The normalized spacial score (nSPS) is 17.2. The second-order valence-corrected chi connectivity index (χ2v) is 10.8. The summed E-state index contributed by atoms with van der Waals surface area (Å²) < 4.78 is 0. The van der Waals surface area contributed by atoms with Gasteiger partial charge in [0.1, 0.15) is 5.82 Å². The molecule has 9 nitrogen and oxygen atoms in total. The van der Waals surface area contributed by atoms with Gasteiger partial charge in [0.15, 0.2) is 0 Å². The van der Waals surface area contributed by atoms with Crippen molar-refractivity contribution in [3.63, 3.8) is 0 Å². The predicted molar refractivity (Wildman–Crippen MR) is 156 cm³/mol. The minimum absolute atomic E-state index is 0.435. The van der Waals surface area contributed by atoms with Gasteiger partial charge < -0.3 is 26.6 Å². The van der Waals surface area contributed by atoms with E-state index in [1.165, 1.54) is 38.5 Å². The highest BCUT2D eigenvalue weighted by atomic mass is 15.2. The monoisotopic (exact) mass is 519 g/mol. The Morgan fingerprint density at radius 3 is 2.61 bits per heavy atom. The Kier molecular flexibility index (Phi) is 10.2. The van der Waals surface area contributed by atoms with Crippen molar-refractivity contribution in [1.82, 2.24) is 36.1 Å². The molecule has 38 heavy (non-hydrogen) atoms. The number of hydrogen-bond acceptors (Lipinski definition) is 8. The molecule has 1 saturated heterocycles. The van der Waals surface area contributed by atoms with E-state index < -0.39 is 0 Å². The van der Waals surface area contributed by atoms with Crippen LogP contribution in [0.2, 0.25) is 0 Å². The molecule has 206 valence electrons. The molecule has 1 aromatic carbocycles. The Bertz CT molecular complexity index is 1100. The highest BCUT2D eigenvalue weighted by Gasteiger charge is 2.16. The Morgan fingerprint density at radius 1 is 0.868 bits per heavy atom. The molecule has 3 heterocycles. The maximum absolute atomic E-state index is 4.83. The molecule has 1 aliphatic carbocycles. The van der Waals surface area contributed by atoms with Gasteiger partial charge in [0.2, 0.25) is 5.95 Å². The first kappa shape index (κ1) is 26.8. The smallest absolute Gasteiger partial charge is 0.225 e. The van der Waals surface area contributed by atoms with Crippen molar-refractivity contribution >= 4 is 22.7 Å². The lowest BCUT2D eigenvalue weighted by Gasteiger charge is -2.25. The van der Waals surface area contributed by atoms with E-state index in [9.17, 15) is 0 Å². The van der Waals surface area contributed by atoms with Crippen molar-refractivity contribution in [1.29, 1.82) is 0 Å². The lowest BCUT2D eigenvalue weighted by molar-refractivity contribution is 0.371. The first-order chi connectivity index (χ1) is 18.8. The molecule has 0 bridgehead atoms. The average molecular weight is 520 g/mol. The molecule has 6 N–H and O–H groups in total. The number of nitrogens with one attached hydrogen (secondary N) is 6.